The molecule has 0 radical (unpaired) electrons. The summed E-state index contributed by atoms with van der Waals surface area (Å²) < 4.78 is 2.08. The van der Waals surface area contributed by atoms with Crippen LogP contribution in [0.4, 0.5) is 0 Å². The van der Waals surface area contributed by atoms with Crippen molar-refractivity contribution >= 4 is 0 Å². The van der Waals surface area contributed by atoms with E-state index in [0.29, 0.717) is 22.2 Å². The highest BCUT2D eigenvalue weighted by molar-refractivity contribution is 4.86. The van der Waals surface area contributed by atoms with Gasteiger partial charge in [0, 0.05) is 97.5 Å². The maximum absolute atomic E-state index is 3.95. The SMILES string of the molecule is C.CC(C)(C)N1CC1.CC(C)(C)N1CCC1.CC(C)(C)N1CCCCC1.CC(C)(C)N1CCCCC1.CC(C)(C)n1ccnc1.CC(C)N1CCCC1.CC(C)N1CCCCC1.CC(C)N1CCN(C)CC1. The number of rotatable bonds is 3. The fourth-order valence-corrected chi connectivity index (χ4v) is 9.52. The largest absolute Gasteiger partial charge is 0.332 e. The number of nitrogens with zero attached hydrogens (tertiary/aromatic N) is 10. The van der Waals surface area contributed by atoms with Crippen molar-refractivity contribution in [3.63, 3.8) is 0 Å². The van der Waals surface area contributed by atoms with E-state index in [4.69, 9.17) is 0 Å². The van der Waals surface area contributed by atoms with Crippen LogP contribution in [0.25, 0.3) is 0 Å². The van der Waals surface area contributed by atoms with Crippen molar-refractivity contribution in [2.75, 3.05) is 112 Å². The van der Waals surface area contributed by atoms with Crippen LogP contribution < -0.4 is 0 Å². The monoisotopic (exact) mass is 1020 g/mol. The molecule has 7 saturated heterocycles. The van der Waals surface area contributed by atoms with Crippen molar-refractivity contribution in [1.82, 2.24) is 48.8 Å². The van der Waals surface area contributed by atoms with Crippen LogP contribution in [0.2, 0.25) is 0 Å². The lowest BCUT2D eigenvalue weighted by Crippen LogP contribution is -2.49. The van der Waals surface area contributed by atoms with Gasteiger partial charge in [-0.3, -0.25) is 24.5 Å². The molecule has 0 saturated carbocycles. The number of piperidine rings is 3. The number of likely N-dealkylation sites (tertiary alicyclic amines) is 5. The molecule has 72 heavy (non-hydrogen) atoms. The summed E-state index contributed by atoms with van der Waals surface area (Å²) in [4.78, 5) is 24.0. The lowest BCUT2D eigenvalue weighted by molar-refractivity contribution is 0.0690. The van der Waals surface area contributed by atoms with Crippen molar-refractivity contribution in [3.05, 3.63) is 18.7 Å². The molecule has 0 amide bonds. The zero-order valence-corrected chi connectivity index (χ0v) is 52.2. The van der Waals surface area contributed by atoms with Crippen LogP contribution in [0, 0.1) is 0 Å². The Hall–Kier alpha value is -1.11. The lowest BCUT2D eigenvalue weighted by Gasteiger charge is -2.42. The molecule has 7 aliphatic heterocycles. The third kappa shape index (κ3) is 33.1. The first-order chi connectivity index (χ1) is 32.8. The molecule has 0 unspecified atom stereocenters. The third-order valence-corrected chi connectivity index (χ3v) is 15.3. The second-order valence-corrected chi connectivity index (χ2v) is 27.7. The van der Waals surface area contributed by atoms with E-state index in [9.17, 15) is 0 Å². The van der Waals surface area contributed by atoms with E-state index in [1.54, 1.807) is 6.20 Å². The summed E-state index contributed by atoms with van der Waals surface area (Å²) in [5.74, 6) is 0. The Labute approximate surface area is 453 Å². The molecule has 1 aromatic rings. The molecule has 0 atom stereocenters. The highest BCUT2D eigenvalue weighted by Gasteiger charge is 2.30. The highest BCUT2D eigenvalue weighted by atomic mass is 15.3. The molecule has 10 nitrogen and oxygen atoms in total. The normalized spacial score (nSPS) is 21.4. The first-order valence-electron chi connectivity index (χ1n) is 29.7. The van der Waals surface area contributed by atoms with Crippen molar-refractivity contribution in [2.24, 2.45) is 0 Å². The third-order valence-electron chi connectivity index (χ3n) is 15.3. The topological polar surface area (TPSA) is 43.5 Å². The van der Waals surface area contributed by atoms with Gasteiger partial charge in [-0.2, -0.15) is 0 Å². The lowest BCUT2D eigenvalue weighted by atomic mass is 10.0. The number of likely N-dealkylation sites (N-methyl/N-ethyl adjacent to an activating group) is 1. The van der Waals surface area contributed by atoms with Crippen LogP contribution in [-0.4, -0.2) is 201 Å². The molecule has 0 aliphatic carbocycles. The Morgan fingerprint density at radius 3 is 0.750 bits per heavy atom. The Kier molecular flexibility index (Phi) is 34.8. The van der Waals surface area contributed by atoms with E-state index in [2.05, 4.69) is 201 Å². The van der Waals surface area contributed by atoms with E-state index >= 15 is 0 Å². The molecule has 8 heterocycles. The standard InChI is InChI=1S/2C9H19N.C8H18N2.C8H17N.C7H12N2.2C7H15N.C6H13N.CH4/c2*1-9(2,3)10-7-5-4-6-8-10;1-8(2)10-6-4-9(3)5-7-10;1-8(2)9-6-4-3-5-7-9;1-7(2,3)9-5-4-8-6-9;1-7(2,3)8-5-4-6-8;1-7(2)8-5-3-4-6-8;1-6(2,3)7-4-5-7;/h2*4-8H2,1-3H3;8H,4-7H2,1-3H3;8H,3-7H2,1-2H3;4-6H,1-3H3;4-6H2,1-3H3;7H,3-6H2,1-2H3;4-5H2,1-3H3;1H4. The van der Waals surface area contributed by atoms with Gasteiger partial charge < -0.3 is 19.3 Å². The molecular formula is C62H132N10. The van der Waals surface area contributed by atoms with Crippen molar-refractivity contribution in [3.8, 4) is 0 Å². The maximum Gasteiger partial charge on any atom is 0.0950 e. The Morgan fingerprint density at radius 2 is 0.583 bits per heavy atom. The van der Waals surface area contributed by atoms with Crippen molar-refractivity contribution < 1.29 is 0 Å². The fraction of sp³-hybridized carbons (Fsp3) is 0.952. The zero-order chi connectivity index (χ0) is 54.1. The summed E-state index contributed by atoms with van der Waals surface area (Å²) in [6.45, 7) is 68.2. The van der Waals surface area contributed by atoms with Crippen LogP contribution in [0.5, 0.6) is 0 Å². The average molecular weight is 1020 g/mol. The molecule has 0 spiro atoms. The predicted octanol–water partition coefficient (Wildman–Crippen LogP) is 13.4. The number of hydrogen-bond donors (Lipinski definition) is 0. The van der Waals surface area contributed by atoms with Gasteiger partial charge >= 0.3 is 0 Å². The summed E-state index contributed by atoms with van der Waals surface area (Å²) in [5, 5.41) is 0. The van der Waals surface area contributed by atoms with Crippen LogP contribution in [0.15, 0.2) is 18.7 Å². The number of hydrogen-bond acceptors (Lipinski definition) is 9. The van der Waals surface area contributed by atoms with Gasteiger partial charge in [-0.1, -0.05) is 26.7 Å². The van der Waals surface area contributed by atoms with Gasteiger partial charge in [0.2, 0.25) is 0 Å². The molecule has 1 aromatic heterocycles. The minimum absolute atomic E-state index is 0. The summed E-state index contributed by atoms with van der Waals surface area (Å²) in [6, 6.07) is 2.27. The number of piperazine rings is 1. The molecule has 0 aromatic carbocycles. The summed E-state index contributed by atoms with van der Waals surface area (Å²) in [7, 11) is 2.19. The molecular weight excluding hydrogens is 885 g/mol. The number of imidazole rings is 1. The molecule has 10 heteroatoms. The van der Waals surface area contributed by atoms with E-state index < -0.39 is 0 Å². The maximum atomic E-state index is 3.95. The van der Waals surface area contributed by atoms with E-state index in [1.165, 1.54) is 182 Å². The molecule has 7 fully saturated rings. The van der Waals surface area contributed by atoms with Crippen LogP contribution in [0.1, 0.15) is 230 Å². The molecule has 8 rings (SSSR count). The van der Waals surface area contributed by atoms with E-state index in [0.717, 1.165) is 18.1 Å². The second-order valence-electron chi connectivity index (χ2n) is 27.7. The predicted molar refractivity (Wildman–Crippen MR) is 322 cm³/mol. The van der Waals surface area contributed by atoms with Gasteiger partial charge in [0.15, 0.2) is 0 Å². The zero-order valence-electron chi connectivity index (χ0n) is 52.2. The molecule has 430 valence electrons. The quantitative estimate of drug-likeness (QED) is 0.276. The van der Waals surface area contributed by atoms with Gasteiger partial charge in [-0.05, 0) is 276 Å². The van der Waals surface area contributed by atoms with Gasteiger partial charge in [-0.25, -0.2) is 4.98 Å². The molecule has 0 N–H and O–H groups in total. The number of aromatic nitrogens is 2. The van der Waals surface area contributed by atoms with Crippen LogP contribution >= 0.6 is 0 Å². The summed E-state index contributed by atoms with van der Waals surface area (Å²) >= 11 is 0. The van der Waals surface area contributed by atoms with Crippen LogP contribution in [0.3, 0.4) is 0 Å². The highest BCUT2D eigenvalue weighted by Crippen LogP contribution is 2.22. The smallest absolute Gasteiger partial charge is 0.0950 e. The Balaban J connectivity index is 0.000000800. The second kappa shape index (κ2) is 35.3. The summed E-state index contributed by atoms with van der Waals surface area (Å²) in [6.07, 6.45) is 22.6. The first kappa shape index (κ1) is 70.9. The fourth-order valence-electron chi connectivity index (χ4n) is 9.52. The van der Waals surface area contributed by atoms with Crippen molar-refractivity contribution in [2.45, 2.75) is 276 Å². The average Bonchev–Trinajstić information content (AvgIpc) is 3.70. The summed E-state index contributed by atoms with van der Waals surface area (Å²) in [5.41, 5.74) is 1.86. The van der Waals surface area contributed by atoms with Crippen LogP contribution in [-0.2, 0) is 5.54 Å². The van der Waals surface area contributed by atoms with Gasteiger partial charge in [0.05, 0.1) is 6.33 Å². The molecule has 7 aliphatic rings. The van der Waals surface area contributed by atoms with Gasteiger partial charge in [-0.15, -0.1) is 0 Å². The first-order valence-corrected chi connectivity index (χ1v) is 29.7. The van der Waals surface area contributed by atoms with E-state index in [1.807, 2.05) is 12.5 Å². The van der Waals surface area contributed by atoms with Gasteiger partial charge in [0.1, 0.15) is 0 Å². The van der Waals surface area contributed by atoms with Crippen molar-refractivity contribution in [1.29, 1.82) is 0 Å². The Morgan fingerprint density at radius 1 is 0.319 bits per heavy atom. The Bertz CT molecular complexity index is 1340. The minimum atomic E-state index is 0. The van der Waals surface area contributed by atoms with Gasteiger partial charge in [0.25, 0.3) is 0 Å². The molecule has 0 bridgehead atoms. The minimum Gasteiger partial charge on any atom is -0.332 e. The van der Waals surface area contributed by atoms with E-state index in [-0.39, 0.29) is 13.0 Å².